The third-order valence-corrected chi connectivity index (χ3v) is 2.61. The standard InChI is InChI=1S/C14H21N/c1-11(2)9-14(15-4)10-13-7-5-12(3)6-8-13/h5-8,14-15H,1,9-10H2,2-4H3. The Hall–Kier alpha value is -1.08. The number of hydrogen-bond donors (Lipinski definition) is 1. The van der Waals surface area contributed by atoms with Crippen molar-refractivity contribution in [3.8, 4) is 0 Å². The molecule has 1 aromatic carbocycles. The average Bonchev–Trinajstić information content (AvgIpc) is 2.19. The van der Waals surface area contributed by atoms with E-state index in [1.54, 1.807) is 0 Å². The van der Waals surface area contributed by atoms with E-state index in [1.807, 2.05) is 7.05 Å². The number of hydrogen-bond acceptors (Lipinski definition) is 1. The topological polar surface area (TPSA) is 12.0 Å². The summed E-state index contributed by atoms with van der Waals surface area (Å²) in [6.07, 6.45) is 2.12. The number of rotatable bonds is 5. The molecule has 1 atom stereocenters. The van der Waals surface area contributed by atoms with E-state index in [0.717, 1.165) is 12.8 Å². The fourth-order valence-corrected chi connectivity index (χ4v) is 1.71. The Balaban J connectivity index is 2.58. The van der Waals surface area contributed by atoms with Crippen molar-refractivity contribution in [2.45, 2.75) is 32.7 Å². The van der Waals surface area contributed by atoms with Gasteiger partial charge in [-0.2, -0.15) is 0 Å². The second-order valence-electron chi connectivity index (χ2n) is 4.34. The van der Waals surface area contributed by atoms with Gasteiger partial charge in [0.2, 0.25) is 0 Å². The van der Waals surface area contributed by atoms with Gasteiger partial charge in [0.05, 0.1) is 0 Å². The van der Waals surface area contributed by atoms with Crippen LogP contribution in [0.1, 0.15) is 24.5 Å². The zero-order valence-electron chi connectivity index (χ0n) is 10.0. The molecule has 15 heavy (non-hydrogen) atoms. The summed E-state index contributed by atoms with van der Waals surface area (Å²) in [4.78, 5) is 0. The van der Waals surface area contributed by atoms with Crippen LogP contribution in [0.15, 0.2) is 36.4 Å². The minimum atomic E-state index is 0.505. The first-order chi connectivity index (χ1) is 7.11. The highest BCUT2D eigenvalue weighted by atomic mass is 14.9. The van der Waals surface area contributed by atoms with E-state index in [2.05, 4.69) is 50.0 Å². The van der Waals surface area contributed by atoms with Crippen molar-refractivity contribution < 1.29 is 0 Å². The second kappa shape index (κ2) is 5.72. The van der Waals surface area contributed by atoms with Gasteiger partial charge in [-0.25, -0.2) is 0 Å². The van der Waals surface area contributed by atoms with Crippen molar-refractivity contribution in [3.05, 3.63) is 47.5 Å². The summed E-state index contributed by atoms with van der Waals surface area (Å²) in [5.74, 6) is 0. The van der Waals surface area contributed by atoms with Gasteiger partial charge in [-0.3, -0.25) is 0 Å². The molecular weight excluding hydrogens is 182 g/mol. The Bertz CT molecular complexity index is 311. The Kier molecular flexibility index (Phi) is 4.57. The third-order valence-electron chi connectivity index (χ3n) is 2.61. The van der Waals surface area contributed by atoms with Crippen LogP contribution in [-0.4, -0.2) is 13.1 Å². The predicted molar refractivity (Wildman–Crippen MR) is 67.2 cm³/mol. The molecule has 0 saturated carbocycles. The fraction of sp³-hybridized carbons (Fsp3) is 0.429. The van der Waals surface area contributed by atoms with Crippen LogP contribution in [0, 0.1) is 6.92 Å². The summed E-state index contributed by atoms with van der Waals surface area (Å²) in [5, 5.41) is 3.34. The molecular formula is C14H21N. The van der Waals surface area contributed by atoms with Gasteiger partial charge < -0.3 is 5.32 Å². The summed E-state index contributed by atoms with van der Waals surface area (Å²) in [5.41, 5.74) is 3.95. The molecule has 82 valence electrons. The molecule has 0 aliphatic rings. The van der Waals surface area contributed by atoms with E-state index in [-0.39, 0.29) is 0 Å². The van der Waals surface area contributed by atoms with Crippen molar-refractivity contribution in [1.29, 1.82) is 0 Å². The Morgan fingerprint density at radius 1 is 1.33 bits per heavy atom. The normalized spacial score (nSPS) is 12.5. The summed E-state index contributed by atoms with van der Waals surface area (Å²) in [7, 11) is 2.02. The molecule has 0 aliphatic carbocycles. The molecule has 1 heteroatoms. The lowest BCUT2D eigenvalue weighted by Gasteiger charge is -2.16. The number of aryl methyl sites for hydroxylation is 1. The highest BCUT2D eigenvalue weighted by Gasteiger charge is 2.06. The molecule has 1 aromatic rings. The SMILES string of the molecule is C=C(C)CC(Cc1ccc(C)cc1)NC. The molecule has 0 aromatic heterocycles. The number of nitrogens with one attached hydrogen (secondary N) is 1. The molecule has 1 unspecified atom stereocenters. The molecule has 1 rings (SSSR count). The molecule has 1 N–H and O–H groups in total. The monoisotopic (exact) mass is 203 g/mol. The maximum atomic E-state index is 3.96. The highest BCUT2D eigenvalue weighted by Crippen LogP contribution is 2.10. The van der Waals surface area contributed by atoms with E-state index in [0.29, 0.717) is 6.04 Å². The van der Waals surface area contributed by atoms with Crippen LogP contribution in [0.4, 0.5) is 0 Å². The van der Waals surface area contributed by atoms with E-state index in [1.165, 1.54) is 16.7 Å². The zero-order chi connectivity index (χ0) is 11.3. The first-order valence-corrected chi connectivity index (χ1v) is 5.49. The quantitative estimate of drug-likeness (QED) is 0.725. The van der Waals surface area contributed by atoms with Crippen LogP contribution in [0.5, 0.6) is 0 Å². The van der Waals surface area contributed by atoms with Crippen LogP contribution in [0.3, 0.4) is 0 Å². The summed E-state index contributed by atoms with van der Waals surface area (Å²) < 4.78 is 0. The van der Waals surface area contributed by atoms with Gasteiger partial charge in [-0.15, -0.1) is 6.58 Å². The first-order valence-electron chi connectivity index (χ1n) is 5.49. The maximum Gasteiger partial charge on any atom is 0.0141 e. The van der Waals surface area contributed by atoms with Crippen molar-refractivity contribution in [1.82, 2.24) is 5.32 Å². The predicted octanol–water partition coefficient (Wildman–Crippen LogP) is 3.09. The Morgan fingerprint density at radius 2 is 1.93 bits per heavy atom. The summed E-state index contributed by atoms with van der Waals surface area (Å²) in [6.45, 7) is 8.16. The van der Waals surface area contributed by atoms with Crippen LogP contribution < -0.4 is 5.32 Å². The molecule has 0 aliphatic heterocycles. The summed E-state index contributed by atoms with van der Waals surface area (Å²) in [6, 6.07) is 9.26. The van der Waals surface area contributed by atoms with E-state index in [4.69, 9.17) is 0 Å². The molecule has 0 amide bonds. The number of likely N-dealkylation sites (N-methyl/N-ethyl adjacent to an activating group) is 1. The van der Waals surface area contributed by atoms with Gasteiger partial charge >= 0.3 is 0 Å². The van der Waals surface area contributed by atoms with Crippen LogP contribution in [0.25, 0.3) is 0 Å². The molecule has 0 fully saturated rings. The van der Waals surface area contributed by atoms with Gasteiger partial charge in [0.25, 0.3) is 0 Å². The third kappa shape index (κ3) is 4.30. The van der Waals surface area contributed by atoms with E-state index < -0.39 is 0 Å². The molecule has 0 heterocycles. The molecule has 0 saturated heterocycles. The Labute approximate surface area is 93.2 Å². The largest absolute Gasteiger partial charge is 0.316 e. The van der Waals surface area contributed by atoms with Crippen molar-refractivity contribution >= 4 is 0 Å². The van der Waals surface area contributed by atoms with Crippen molar-refractivity contribution in [2.75, 3.05) is 7.05 Å². The average molecular weight is 203 g/mol. The second-order valence-corrected chi connectivity index (χ2v) is 4.34. The van der Waals surface area contributed by atoms with Gasteiger partial charge in [0.15, 0.2) is 0 Å². The first kappa shape index (κ1) is 12.0. The minimum absolute atomic E-state index is 0.505. The van der Waals surface area contributed by atoms with Crippen LogP contribution in [-0.2, 0) is 6.42 Å². The number of benzene rings is 1. The Morgan fingerprint density at radius 3 is 2.40 bits per heavy atom. The zero-order valence-corrected chi connectivity index (χ0v) is 10.0. The smallest absolute Gasteiger partial charge is 0.0141 e. The van der Waals surface area contributed by atoms with E-state index >= 15 is 0 Å². The fourth-order valence-electron chi connectivity index (χ4n) is 1.71. The van der Waals surface area contributed by atoms with Gasteiger partial charge in [0.1, 0.15) is 0 Å². The lowest BCUT2D eigenvalue weighted by Crippen LogP contribution is -2.27. The summed E-state index contributed by atoms with van der Waals surface area (Å²) >= 11 is 0. The highest BCUT2D eigenvalue weighted by molar-refractivity contribution is 5.22. The van der Waals surface area contributed by atoms with Crippen molar-refractivity contribution in [3.63, 3.8) is 0 Å². The van der Waals surface area contributed by atoms with Crippen LogP contribution >= 0.6 is 0 Å². The lowest BCUT2D eigenvalue weighted by molar-refractivity contribution is 0.555. The molecule has 0 spiro atoms. The minimum Gasteiger partial charge on any atom is -0.316 e. The van der Waals surface area contributed by atoms with Crippen LogP contribution in [0.2, 0.25) is 0 Å². The van der Waals surface area contributed by atoms with Gasteiger partial charge in [-0.1, -0.05) is 35.4 Å². The van der Waals surface area contributed by atoms with Gasteiger partial charge in [0, 0.05) is 6.04 Å². The lowest BCUT2D eigenvalue weighted by atomic mass is 10.00. The molecule has 0 bridgehead atoms. The van der Waals surface area contributed by atoms with E-state index in [9.17, 15) is 0 Å². The molecule has 1 nitrogen and oxygen atoms in total. The van der Waals surface area contributed by atoms with Gasteiger partial charge in [-0.05, 0) is 39.3 Å². The maximum absolute atomic E-state index is 3.96. The van der Waals surface area contributed by atoms with Crippen molar-refractivity contribution in [2.24, 2.45) is 0 Å². The molecule has 0 radical (unpaired) electrons.